The fourth-order valence-corrected chi connectivity index (χ4v) is 3.32. The Morgan fingerprint density at radius 2 is 1.92 bits per heavy atom. The molecule has 140 valence electrons. The van der Waals surface area contributed by atoms with Crippen LogP contribution in [0, 0.1) is 13.8 Å². The summed E-state index contributed by atoms with van der Waals surface area (Å²) < 4.78 is 7.73. The number of rotatable bonds is 5. The molecule has 3 rings (SSSR count). The van der Waals surface area contributed by atoms with Gasteiger partial charge in [0.15, 0.2) is 6.10 Å². The molecule has 6 heteroatoms. The van der Waals surface area contributed by atoms with Gasteiger partial charge in [0.1, 0.15) is 11.6 Å². The van der Waals surface area contributed by atoms with Crippen LogP contribution >= 0.6 is 0 Å². The molecule has 0 bridgehead atoms. The molecule has 1 N–H and O–H groups in total. The molecule has 0 aliphatic carbocycles. The van der Waals surface area contributed by atoms with E-state index >= 15 is 0 Å². The second-order valence-corrected chi connectivity index (χ2v) is 7.23. The molecule has 1 aromatic heterocycles. The largest absolute Gasteiger partial charge is 0.481 e. The number of hydrogen-bond donors (Lipinski definition) is 1. The van der Waals surface area contributed by atoms with Crippen LogP contribution in [0.5, 0.6) is 5.75 Å². The van der Waals surface area contributed by atoms with E-state index < -0.39 is 11.7 Å². The number of amides is 1. The summed E-state index contributed by atoms with van der Waals surface area (Å²) in [4.78, 5) is 18.6. The Kier molecular flexibility index (Phi) is 5.32. The van der Waals surface area contributed by atoms with E-state index in [1.54, 1.807) is 18.0 Å². The van der Waals surface area contributed by atoms with Gasteiger partial charge in [-0.3, -0.25) is 4.79 Å². The summed E-state index contributed by atoms with van der Waals surface area (Å²) in [5, 5.41) is 10.8. The van der Waals surface area contributed by atoms with Crippen LogP contribution in [0.15, 0.2) is 36.7 Å². The second kappa shape index (κ2) is 7.50. The molecule has 1 amide bonds. The lowest BCUT2D eigenvalue weighted by atomic mass is 9.91. The average molecular weight is 357 g/mol. The molecular weight excluding hydrogens is 330 g/mol. The van der Waals surface area contributed by atoms with Gasteiger partial charge >= 0.3 is 0 Å². The third-order valence-electron chi connectivity index (χ3n) is 5.08. The highest BCUT2D eigenvalue weighted by atomic mass is 16.5. The van der Waals surface area contributed by atoms with Crippen LogP contribution in [0.4, 0.5) is 0 Å². The van der Waals surface area contributed by atoms with Crippen molar-refractivity contribution in [1.29, 1.82) is 0 Å². The van der Waals surface area contributed by atoms with Gasteiger partial charge in [-0.05, 0) is 45.7 Å². The number of benzene rings is 1. The van der Waals surface area contributed by atoms with Crippen molar-refractivity contribution >= 4 is 5.91 Å². The molecule has 1 atom stereocenters. The second-order valence-electron chi connectivity index (χ2n) is 7.23. The first-order valence-corrected chi connectivity index (χ1v) is 9.08. The Hall–Kier alpha value is -2.34. The Morgan fingerprint density at radius 3 is 2.50 bits per heavy atom. The molecule has 2 heterocycles. The monoisotopic (exact) mass is 357 g/mol. The summed E-state index contributed by atoms with van der Waals surface area (Å²) in [5.41, 5.74) is 0.350. The van der Waals surface area contributed by atoms with Gasteiger partial charge in [0.05, 0.1) is 12.1 Å². The molecule has 1 fully saturated rings. The van der Waals surface area contributed by atoms with Crippen LogP contribution < -0.4 is 4.74 Å². The number of likely N-dealkylation sites (tertiary alicyclic amines) is 1. The van der Waals surface area contributed by atoms with Gasteiger partial charge in [0, 0.05) is 25.5 Å². The lowest BCUT2D eigenvalue weighted by Gasteiger charge is -2.39. The molecule has 6 nitrogen and oxygen atoms in total. The van der Waals surface area contributed by atoms with Crippen LogP contribution in [-0.4, -0.2) is 50.3 Å². The first-order valence-electron chi connectivity index (χ1n) is 9.08. The molecule has 26 heavy (non-hydrogen) atoms. The highest BCUT2D eigenvalue weighted by Gasteiger charge is 2.35. The predicted molar refractivity (Wildman–Crippen MR) is 99.0 cm³/mol. The Bertz CT molecular complexity index is 746. The van der Waals surface area contributed by atoms with Crippen molar-refractivity contribution in [3.63, 3.8) is 0 Å². The molecule has 0 unspecified atom stereocenters. The van der Waals surface area contributed by atoms with E-state index in [1.807, 2.05) is 48.9 Å². The predicted octanol–water partition coefficient (Wildman–Crippen LogP) is 2.32. The van der Waals surface area contributed by atoms with Crippen molar-refractivity contribution in [3.8, 4) is 5.75 Å². The van der Waals surface area contributed by atoms with Crippen molar-refractivity contribution in [3.05, 3.63) is 48.0 Å². The fourth-order valence-electron chi connectivity index (χ4n) is 3.32. The zero-order valence-electron chi connectivity index (χ0n) is 15.7. The fraction of sp³-hybridized carbons (Fsp3) is 0.500. The summed E-state index contributed by atoms with van der Waals surface area (Å²) >= 11 is 0. The standard InChI is InChI=1S/C20H27N3O3/c1-15-4-6-18(7-5-15)26-16(2)19(24)22-11-8-20(25,9-12-22)14-23-13-10-21-17(23)3/h4-7,10,13,16,25H,8-9,11-12,14H2,1-3H3/t16-/m0/s1. The van der Waals surface area contributed by atoms with E-state index in [0.717, 1.165) is 11.4 Å². The minimum absolute atomic E-state index is 0.0357. The lowest BCUT2D eigenvalue weighted by Crippen LogP contribution is -2.51. The maximum atomic E-state index is 12.7. The van der Waals surface area contributed by atoms with E-state index in [4.69, 9.17) is 4.74 Å². The number of hydrogen-bond acceptors (Lipinski definition) is 4. The van der Waals surface area contributed by atoms with Crippen LogP contribution in [0.2, 0.25) is 0 Å². The van der Waals surface area contributed by atoms with E-state index in [2.05, 4.69) is 4.98 Å². The highest BCUT2D eigenvalue weighted by molar-refractivity contribution is 5.81. The molecule has 0 radical (unpaired) electrons. The number of nitrogens with zero attached hydrogens (tertiary/aromatic N) is 3. The van der Waals surface area contributed by atoms with Crippen molar-refractivity contribution in [2.75, 3.05) is 13.1 Å². The smallest absolute Gasteiger partial charge is 0.263 e. The van der Waals surface area contributed by atoms with Crippen molar-refractivity contribution < 1.29 is 14.6 Å². The van der Waals surface area contributed by atoms with Crippen LogP contribution in [-0.2, 0) is 11.3 Å². The van der Waals surface area contributed by atoms with E-state index in [-0.39, 0.29) is 5.91 Å². The molecule has 0 saturated carbocycles. The minimum atomic E-state index is -0.802. The number of aromatic nitrogens is 2. The summed E-state index contributed by atoms with van der Waals surface area (Å²) in [7, 11) is 0. The van der Waals surface area contributed by atoms with E-state index in [9.17, 15) is 9.90 Å². The molecule has 1 saturated heterocycles. The summed E-state index contributed by atoms with van der Waals surface area (Å²) in [6.07, 6.45) is 4.17. The van der Waals surface area contributed by atoms with Crippen LogP contribution in [0.25, 0.3) is 0 Å². The minimum Gasteiger partial charge on any atom is -0.481 e. The van der Waals surface area contributed by atoms with E-state index in [1.165, 1.54) is 0 Å². The Balaban J connectivity index is 1.54. The topological polar surface area (TPSA) is 67.6 Å². The third kappa shape index (κ3) is 4.25. The third-order valence-corrected chi connectivity index (χ3v) is 5.08. The van der Waals surface area contributed by atoms with Crippen molar-refractivity contribution in [2.45, 2.75) is 51.9 Å². The maximum absolute atomic E-state index is 12.7. The van der Waals surface area contributed by atoms with Gasteiger partial charge in [-0.1, -0.05) is 17.7 Å². The number of aryl methyl sites for hydroxylation is 2. The number of aliphatic hydroxyl groups is 1. The van der Waals surface area contributed by atoms with Gasteiger partial charge < -0.3 is 19.3 Å². The SMILES string of the molecule is Cc1ccc(O[C@@H](C)C(=O)N2CCC(O)(Cn3ccnc3C)CC2)cc1. The van der Waals surface area contributed by atoms with Crippen molar-refractivity contribution in [1.82, 2.24) is 14.5 Å². The van der Waals surface area contributed by atoms with E-state index in [0.29, 0.717) is 38.2 Å². The van der Waals surface area contributed by atoms with Crippen molar-refractivity contribution in [2.24, 2.45) is 0 Å². The molecule has 1 aliphatic rings. The maximum Gasteiger partial charge on any atom is 0.263 e. The molecule has 1 aliphatic heterocycles. The summed E-state index contributed by atoms with van der Waals surface area (Å²) in [6, 6.07) is 7.68. The zero-order chi connectivity index (χ0) is 18.7. The molecule has 1 aromatic carbocycles. The van der Waals surface area contributed by atoms with Gasteiger partial charge in [-0.2, -0.15) is 0 Å². The number of ether oxygens (including phenoxy) is 1. The first kappa shape index (κ1) is 18.5. The number of imidazole rings is 1. The average Bonchev–Trinajstić information content (AvgIpc) is 3.01. The molecular formula is C20H27N3O3. The van der Waals surface area contributed by atoms with Crippen LogP contribution in [0.1, 0.15) is 31.2 Å². The summed E-state index contributed by atoms with van der Waals surface area (Å²) in [5.74, 6) is 1.55. The Labute approximate surface area is 154 Å². The number of carbonyl (C=O) groups excluding carboxylic acids is 1. The Morgan fingerprint density at radius 1 is 1.27 bits per heavy atom. The lowest BCUT2D eigenvalue weighted by molar-refractivity contribution is -0.142. The normalized spacial score (nSPS) is 17.8. The molecule has 2 aromatic rings. The van der Waals surface area contributed by atoms with Gasteiger partial charge in [0.25, 0.3) is 5.91 Å². The van der Waals surface area contributed by atoms with Gasteiger partial charge in [-0.25, -0.2) is 4.98 Å². The highest BCUT2D eigenvalue weighted by Crippen LogP contribution is 2.25. The van der Waals surface area contributed by atoms with Crippen LogP contribution in [0.3, 0.4) is 0 Å². The van der Waals surface area contributed by atoms with Gasteiger partial charge in [-0.15, -0.1) is 0 Å². The molecule has 0 spiro atoms. The first-order chi connectivity index (χ1) is 12.4. The number of carbonyl (C=O) groups is 1. The zero-order valence-corrected chi connectivity index (χ0v) is 15.7. The number of piperidine rings is 1. The van der Waals surface area contributed by atoms with Gasteiger partial charge in [0.2, 0.25) is 0 Å². The quantitative estimate of drug-likeness (QED) is 0.892. The summed E-state index contributed by atoms with van der Waals surface area (Å²) in [6.45, 7) is 7.29.